The van der Waals surface area contributed by atoms with Gasteiger partial charge < -0.3 is 10.1 Å². The fourth-order valence-electron chi connectivity index (χ4n) is 2.05. The van der Waals surface area contributed by atoms with Crippen molar-refractivity contribution in [2.24, 2.45) is 0 Å². The molecular formula is C17H28ClNO. The van der Waals surface area contributed by atoms with Crippen LogP contribution in [-0.4, -0.2) is 18.7 Å². The summed E-state index contributed by atoms with van der Waals surface area (Å²) in [5.41, 5.74) is 2.25. The second-order valence-corrected chi connectivity index (χ2v) is 6.41. The molecule has 114 valence electrons. The lowest BCUT2D eigenvalue weighted by Gasteiger charge is -2.22. The summed E-state index contributed by atoms with van der Waals surface area (Å²) in [5, 5.41) is 4.27. The van der Waals surface area contributed by atoms with Gasteiger partial charge in [0.15, 0.2) is 0 Å². The van der Waals surface area contributed by atoms with Gasteiger partial charge in [0.25, 0.3) is 0 Å². The molecule has 3 heteroatoms. The second kappa shape index (κ2) is 7.90. The first-order chi connectivity index (χ1) is 9.35. The number of nitrogens with one attached hydrogen (secondary N) is 1. The smallest absolute Gasteiger partial charge is 0.123 e. The van der Waals surface area contributed by atoms with E-state index in [1.807, 2.05) is 13.0 Å². The van der Waals surface area contributed by atoms with Gasteiger partial charge in [-0.2, -0.15) is 0 Å². The Morgan fingerprint density at radius 1 is 1.20 bits per heavy atom. The Morgan fingerprint density at radius 3 is 2.35 bits per heavy atom. The van der Waals surface area contributed by atoms with Gasteiger partial charge in [0.05, 0.1) is 0 Å². The van der Waals surface area contributed by atoms with Gasteiger partial charge in [-0.15, -0.1) is 0 Å². The Hall–Kier alpha value is -0.730. The molecule has 1 rings (SSSR count). The molecule has 0 bridgehead atoms. The number of hydrogen-bond acceptors (Lipinski definition) is 2. The first kappa shape index (κ1) is 17.3. The fourth-order valence-corrected chi connectivity index (χ4v) is 2.49. The van der Waals surface area contributed by atoms with Crippen molar-refractivity contribution in [3.63, 3.8) is 0 Å². The van der Waals surface area contributed by atoms with Crippen molar-refractivity contribution >= 4 is 11.6 Å². The Morgan fingerprint density at radius 2 is 1.85 bits per heavy atom. The third-order valence-electron chi connectivity index (χ3n) is 3.42. The van der Waals surface area contributed by atoms with Crippen LogP contribution in [0, 0.1) is 6.92 Å². The lowest BCUT2D eigenvalue weighted by Crippen LogP contribution is -2.35. The van der Waals surface area contributed by atoms with E-state index in [0.29, 0.717) is 12.0 Å². The van der Waals surface area contributed by atoms with Crippen molar-refractivity contribution in [2.75, 3.05) is 6.54 Å². The van der Waals surface area contributed by atoms with Gasteiger partial charge in [0.1, 0.15) is 11.9 Å². The molecule has 0 aliphatic heterocycles. The van der Waals surface area contributed by atoms with Crippen LogP contribution in [0.1, 0.15) is 58.1 Å². The molecule has 1 aromatic carbocycles. The highest BCUT2D eigenvalue weighted by Crippen LogP contribution is 2.32. The molecule has 0 amide bonds. The van der Waals surface area contributed by atoms with Crippen LogP contribution < -0.4 is 10.1 Å². The molecule has 0 heterocycles. The van der Waals surface area contributed by atoms with Crippen LogP contribution in [-0.2, 0) is 0 Å². The maximum atomic E-state index is 6.30. The monoisotopic (exact) mass is 297 g/mol. The maximum absolute atomic E-state index is 6.30. The van der Waals surface area contributed by atoms with Gasteiger partial charge in [-0.3, -0.25) is 0 Å². The summed E-state index contributed by atoms with van der Waals surface area (Å²) in [6.07, 6.45) is 1.18. The van der Waals surface area contributed by atoms with Gasteiger partial charge in [0.2, 0.25) is 0 Å². The standard InChI is InChI=1S/C17H28ClNO/c1-7-14(10-19-12(4)5)20-17-9-15(11(2)3)16(18)8-13(17)6/h8-9,11-12,14,19H,7,10H2,1-6H3. The minimum atomic E-state index is 0.192. The summed E-state index contributed by atoms with van der Waals surface area (Å²) < 4.78 is 6.17. The van der Waals surface area contributed by atoms with E-state index in [0.717, 1.165) is 34.9 Å². The van der Waals surface area contributed by atoms with E-state index in [4.69, 9.17) is 16.3 Å². The zero-order valence-electron chi connectivity index (χ0n) is 13.6. The van der Waals surface area contributed by atoms with Crippen LogP contribution >= 0.6 is 11.6 Å². The highest BCUT2D eigenvalue weighted by Gasteiger charge is 2.14. The number of ether oxygens (including phenoxy) is 1. The molecule has 1 unspecified atom stereocenters. The molecule has 0 fully saturated rings. The summed E-state index contributed by atoms with van der Waals surface area (Å²) in [6.45, 7) is 13.7. The highest BCUT2D eigenvalue weighted by molar-refractivity contribution is 6.31. The lowest BCUT2D eigenvalue weighted by atomic mass is 10.0. The van der Waals surface area contributed by atoms with E-state index in [2.05, 4.69) is 46.0 Å². The Bertz CT molecular complexity index is 429. The molecule has 0 aliphatic carbocycles. The number of benzene rings is 1. The van der Waals surface area contributed by atoms with Crippen molar-refractivity contribution in [3.8, 4) is 5.75 Å². The summed E-state index contributed by atoms with van der Waals surface area (Å²) in [4.78, 5) is 0. The van der Waals surface area contributed by atoms with E-state index >= 15 is 0 Å². The molecule has 0 aliphatic rings. The van der Waals surface area contributed by atoms with E-state index in [-0.39, 0.29) is 6.10 Å². The van der Waals surface area contributed by atoms with Gasteiger partial charge >= 0.3 is 0 Å². The summed E-state index contributed by atoms with van der Waals surface area (Å²) >= 11 is 6.30. The van der Waals surface area contributed by atoms with Crippen LogP contribution in [0.2, 0.25) is 5.02 Å². The molecule has 20 heavy (non-hydrogen) atoms. The maximum Gasteiger partial charge on any atom is 0.123 e. The highest BCUT2D eigenvalue weighted by atomic mass is 35.5. The molecule has 0 spiro atoms. The predicted molar refractivity (Wildman–Crippen MR) is 88.1 cm³/mol. The summed E-state index contributed by atoms with van der Waals surface area (Å²) in [5.74, 6) is 1.36. The molecule has 0 radical (unpaired) electrons. The summed E-state index contributed by atoms with van der Waals surface area (Å²) in [7, 11) is 0. The van der Waals surface area contributed by atoms with Crippen LogP contribution in [0.5, 0.6) is 5.75 Å². The van der Waals surface area contributed by atoms with E-state index in [1.54, 1.807) is 0 Å². The number of rotatable bonds is 7. The molecule has 2 nitrogen and oxygen atoms in total. The Balaban J connectivity index is 2.86. The minimum absolute atomic E-state index is 0.192. The normalized spacial score (nSPS) is 13.1. The number of aryl methyl sites for hydroxylation is 1. The zero-order chi connectivity index (χ0) is 15.3. The van der Waals surface area contributed by atoms with Crippen molar-refractivity contribution in [3.05, 3.63) is 28.3 Å². The quantitative estimate of drug-likeness (QED) is 0.770. The first-order valence-electron chi connectivity index (χ1n) is 7.55. The second-order valence-electron chi connectivity index (χ2n) is 6.00. The van der Waals surface area contributed by atoms with Crippen molar-refractivity contribution in [1.29, 1.82) is 0 Å². The molecule has 0 aromatic heterocycles. The Kier molecular flexibility index (Phi) is 6.84. The minimum Gasteiger partial charge on any atom is -0.489 e. The molecule has 0 saturated heterocycles. The van der Waals surface area contributed by atoms with Crippen LogP contribution in [0.15, 0.2) is 12.1 Å². The topological polar surface area (TPSA) is 21.3 Å². The third kappa shape index (κ3) is 4.99. The lowest BCUT2D eigenvalue weighted by molar-refractivity contribution is 0.189. The molecular weight excluding hydrogens is 270 g/mol. The fraction of sp³-hybridized carbons (Fsp3) is 0.647. The Labute approximate surface area is 128 Å². The van der Waals surface area contributed by atoms with E-state index in [9.17, 15) is 0 Å². The number of halogens is 1. The zero-order valence-corrected chi connectivity index (χ0v) is 14.3. The van der Waals surface area contributed by atoms with Crippen molar-refractivity contribution in [1.82, 2.24) is 5.32 Å². The molecule has 0 saturated carbocycles. The average Bonchev–Trinajstić information content (AvgIpc) is 2.36. The first-order valence-corrected chi connectivity index (χ1v) is 7.93. The van der Waals surface area contributed by atoms with Crippen molar-refractivity contribution in [2.45, 2.75) is 66.0 Å². The van der Waals surface area contributed by atoms with Crippen molar-refractivity contribution < 1.29 is 4.74 Å². The predicted octanol–water partition coefficient (Wildman–Crippen LogP) is 4.93. The SMILES string of the molecule is CCC(CNC(C)C)Oc1cc(C(C)C)c(Cl)cc1C. The van der Waals surface area contributed by atoms with Gasteiger partial charge in [-0.1, -0.05) is 46.2 Å². The number of hydrogen-bond donors (Lipinski definition) is 1. The van der Waals surface area contributed by atoms with Gasteiger partial charge in [0, 0.05) is 17.6 Å². The van der Waals surface area contributed by atoms with Crippen LogP contribution in [0.25, 0.3) is 0 Å². The van der Waals surface area contributed by atoms with Gasteiger partial charge in [-0.05, 0) is 42.5 Å². The molecule has 1 N–H and O–H groups in total. The average molecular weight is 298 g/mol. The molecule has 1 atom stereocenters. The van der Waals surface area contributed by atoms with Crippen LogP contribution in [0.4, 0.5) is 0 Å². The van der Waals surface area contributed by atoms with Gasteiger partial charge in [-0.25, -0.2) is 0 Å². The van der Waals surface area contributed by atoms with E-state index < -0.39 is 0 Å². The van der Waals surface area contributed by atoms with Crippen LogP contribution in [0.3, 0.4) is 0 Å². The summed E-state index contributed by atoms with van der Waals surface area (Å²) in [6, 6.07) is 4.58. The largest absolute Gasteiger partial charge is 0.489 e. The molecule has 1 aromatic rings. The third-order valence-corrected chi connectivity index (χ3v) is 3.75. The van der Waals surface area contributed by atoms with E-state index in [1.165, 1.54) is 0 Å².